The van der Waals surface area contributed by atoms with E-state index in [2.05, 4.69) is 20.4 Å². The highest BCUT2D eigenvalue weighted by molar-refractivity contribution is 7.89. The van der Waals surface area contributed by atoms with Gasteiger partial charge in [-0.25, -0.2) is 4.98 Å². The number of sulfonamides is 1. The van der Waals surface area contributed by atoms with Gasteiger partial charge in [-0.05, 0) is 42.8 Å². The summed E-state index contributed by atoms with van der Waals surface area (Å²) in [5, 5.41) is 28.8. The lowest BCUT2D eigenvalue weighted by Crippen LogP contribution is -2.29. The van der Waals surface area contributed by atoms with Gasteiger partial charge in [0.15, 0.2) is 5.69 Å². The van der Waals surface area contributed by atoms with Crippen molar-refractivity contribution in [2.45, 2.75) is 24.8 Å². The number of aliphatic hydroxyl groups excluding tert-OH is 1. The van der Waals surface area contributed by atoms with Crippen LogP contribution < -0.4 is 15.7 Å². The van der Waals surface area contributed by atoms with Crippen LogP contribution in [0, 0.1) is 17.0 Å². The molecule has 1 heterocycles. The highest BCUT2D eigenvalue weighted by Gasteiger charge is 2.24. The predicted octanol–water partition coefficient (Wildman–Crippen LogP) is 2.51. The first kappa shape index (κ1) is 27.1. The van der Waals surface area contributed by atoms with Crippen LogP contribution in [0.4, 0.5) is 11.4 Å². The van der Waals surface area contributed by atoms with Gasteiger partial charge < -0.3 is 15.4 Å². The summed E-state index contributed by atoms with van der Waals surface area (Å²) in [5.74, 6) is -0.303. The highest BCUT2D eigenvalue weighted by atomic mass is 32.2. The first-order valence-electron chi connectivity index (χ1n) is 11.3. The molecule has 1 unspecified atom stereocenters. The average molecular weight is 551 g/mol. The minimum Gasteiger partial charge on any atom is -0.382 e. The van der Waals surface area contributed by atoms with Crippen molar-refractivity contribution >= 4 is 44.1 Å². The fraction of sp³-hybridized carbons (Fsp3) is 0.120. The lowest BCUT2D eigenvalue weighted by Gasteiger charge is -2.15. The Balaban J connectivity index is 1.81. The topological polar surface area (TPSA) is 197 Å². The molecule has 0 radical (unpaired) electrons. The van der Waals surface area contributed by atoms with E-state index >= 15 is 0 Å². The Morgan fingerprint density at radius 1 is 1.10 bits per heavy atom. The number of carbonyl (C=O) groups excluding carboxylic acids is 1. The van der Waals surface area contributed by atoms with Gasteiger partial charge in [-0.1, -0.05) is 29.8 Å². The zero-order chi connectivity index (χ0) is 28.3. The van der Waals surface area contributed by atoms with Crippen LogP contribution in [-0.4, -0.2) is 40.0 Å². The summed E-state index contributed by atoms with van der Waals surface area (Å²) in [7, 11) is -4.20. The number of hydrazone groups is 1. The van der Waals surface area contributed by atoms with E-state index in [0.717, 1.165) is 11.6 Å². The molecule has 200 valence electrons. The highest BCUT2D eigenvalue weighted by Crippen LogP contribution is 2.22. The smallest absolute Gasteiger partial charge is 0.276 e. The Morgan fingerprint density at radius 3 is 2.38 bits per heavy atom. The van der Waals surface area contributed by atoms with Crippen LogP contribution in [0.5, 0.6) is 0 Å². The molecule has 1 amide bonds. The number of hydrogen-bond donors (Lipinski definition) is 4. The first-order chi connectivity index (χ1) is 18.4. The van der Waals surface area contributed by atoms with Crippen molar-refractivity contribution in [1.82, 2.24) is 14.8 Å². The minimum atomic E-state index is -4.20. The van der Waals surface area contributed by atoms with Gasteiger partial charge in [0.05, 0.1) is 20.9 Å². The van der Waals surface area contributed by atoms with Gasteiger partial charge in [0.25, 0.3) is 21.3 Å². The number of hydrogen-bond acceptors (Lipinski definition) is 9. The molecule has 0 fully saturated rings. The number of nitrogens with zero attached hydrogens (tertiary/aromatic N) is 3. The van der Waals surface area contributed by atoms with Crippen molar-refractivity contribution in [3.63, 3.8) is 0 Å². The average Bonchev–Trinajstić information content (AvgIpc) is 2.88. The third-order valence-electron chi connectivity index (χ3n) is 5.55. The number of aryl methyl sites for hydroxylation is 1. The third-order valence-corrected chi connectivity index (χ3v) is 6.78. The van der Waals surface area contributed by atoms with E-state index in [0.29, 0.717) is 5.69 Å². The van der Waals surface area contributed by atoms with Crippen LogP contribution in [0.1, 0.15) is 29.8 Å². The molecule has 13 nitrogen and oxygen atoms in total. The number of fused-ring (bicyclic) bond motifs is 1. The fourth-order valence-electron chi connectivity index (χ4n) is 3.59. The Kier molecular flexibility index (Phi) is 7.51. The van der Waals surface area contributed by atoms with Gasteiger partial charge in [0, 0.05) is 24.7 Å². The normalized spacial score (nSPS) is 12.6. The van der Waals surface area contributed by atoms with Gasteiger partial charge in [-0.3, -0.25) is 19.7 Å². The van der Waals surface area contributed by atoms with Gasteiger partial charge in [-0.15, -0.1) is 0 Å². The maximum Gasteiger partial charge on any atom is 0.276 e. The Morgan fingerprint density at radius 2 is 1.77 bits per heavy atom. The molecular weight excluding hydrogens is 528 g/mol. The molecule has 0 saturated carbocycles. The van der Waals surface area contributed by atoms with E-state index in [9.17, 15) is 33.2 Å². The second-order valence-electron chi connectivity index (χ2n) is 8.48. The number of aromatic amines is 1. The fourth-order valence-corrected chi connectivity index (χ4v) is 4.41. The molecule has 0 aliphatic carbocycles. The van der Waals surface area contributed by atoms with E-state index in [1.807, 2.05) is 4.83 Å². The number of aromatic nitrogens is 2. The molecule has 0 aliphatic rings. The molecule has 14 heteroatoms. The summed E-state index contributed by atoms with van der Waals surface area (Å²) in [5.41, 5.74) is -0.298. The third kappa shape index (κ3) is 6.14. The van der Waals surface area contributed by atoms with Gasteiger partial charge >= 0.3 is 0 Å². The molecule has 4 N–H and O–H groups in total. The molecule has 0 bridgehead atoms. The molecule has 1 aromatic heterocycles. The molecule has 0 spiro atoms. The van der Waals surface area contributed by atoms with Crippen LogP contribution in [-0.2, 0) is 14.8 Å². The predicted molar refractivity (Wildman–Crippen MR) is 143 cm³/mol. The maximum atomic E-state index is 13.0. The number of amides is 1. The molecule has 1 atom stereocenters. The quantitative estimate of drug-likeness (QED) is 0.146. The zero-order valence-electron chi connectivity index (χ0n) is 20.6. The molecule has 39 heavy (non-hydrogen) atoms. The Labute approximate surface area is 221 Å². The summed E-state index contributed by atoms with van der Waals surface area (Å²) in [6.45, 7) is 3.12. The zero-order valence-corrected chi connectivity index (χ0v) is 21.4. The van der Waals surface area contributed by atoms with Crippen molar-refractivity contribution < 1.29 is 23.2 Å². The SMILES string of the molecule is CC(=O)Nc1ccc(C(O)C(=NNS(=O)(=O)c2ccc(C)cc2)c2nc3ccc([N+](=O)[O-])cc3[nH]c2=O)cc1. The standard InChI is InChI=1S/C25H22N6O7S/c1-14-3-10-19(11-4-14)39(37,38)30-29-22(24(33)16-5-7-17(8-6-16)26-15(2)32)23-25(34)28-21-13-18(31(35)36)9-12-20(21)27-23/h3-13,24,30,33H,1-2H3,(H,26,32)(H,28,34). The van der Waals surface area contributed by atoms with Crippen LogP contribution in [0.2, 0.25) is 0 Å². The lowest BCUT2D eigenvalue weighted by atomic mass is 10.0. The Bertz CT molecular complexity index is 1770. The number of non-ortho nitro benzene ring substituents is 1. The van der Waals surface area contributed by atoms with Gasteiger partial charge in [-0.2, -0.15) is 18.4 Å². The maximum absolute atomic E-state index is 13.0. The molecule has 4 rings (SSSR count). The molecule has 0 aliphatic heterocycles. The van der Waals surface area contributed by atoms with Crippen molar-refractivity contribution in [2.75, 3.05) is 5.32 Å². The monoisotopic (exact) mass is 550 g/mol. The lowest BCUT2D eigenvalue weighted by molar-refractivity contribution is -0.384. The van der Waals surface area contributed by atoms with Crippen LogP contribution in [0.25, 0.3) is 11.0 Å². The van der Waals surface area contributed by atoms with Crippen LogP contribution in [0.15, 0.2) is 81.5 Å². The van der Waals surface area contributed by atoms with Crippen molar-refractivity contribution in [1.29, 1.82) is 0 Å². The van der Waals surface area contributed by atoms with E-state index in [-0.39, 0.29) is 33.1 Å². The number of anilines is 1. The summed E-state index contributed by atoms with van der Waals surface area (Å²) < 4.78 is 25.7. The second-order valence-corrected chi connectivity index (χ2v) is 10.1. The minimum absolute atomic E-state index is 0.0617. The van der Waals surface area contributed by atoms with E-state index in [1.165, 1.54) is 55.5 Å². The number of H-pyrrole nitrogens is 1. The number of nitrogens with one attached hydrogen (secondary N) is 3. The van der Waals surface area contributed by atoms with Crippen molar-refractivity contribution in [3.05, 3.63) is 104 Å². The van der Waals surface area contributed by atoms with Crippen molar-refractivity contribution in [2.24, 2.45) is 5.10 Å². The van der Waals surface area contributed by atoms with Gasteiger partial charge in [0.2, 0.25) is 5.91 Å². The van der Waals surface area contributed by atoms with E-state index in [1.54, 1.807) is 19.1 Å². The molecule has 4 aromatic rings. The van der Waals surface area contributed by atoms with Gasteiger partial charge in [0.1, 0.15) is 11.8 Å². The summed E-state index contributed by atoms with van der Waals surface area (Å²) >= 11 is 0. The molecule has 3 aromatic carbocycles. The van der Waals surface area contributed by atoms with E-state index in [4.69, 9.17) is 0 Å². The summed E-state index contributed by atoms with van der Waals surface area (Å²) in [4.78, 5) is 43.4. The molecular formula is C25H22N6O7S. The number of carbonyl (C=O) groups is 1. The first-order valence-corrected chi connectivity index (χ1v) is 12.8. The number of rotatable bonds is 8. The van der Waals surface area contributed by atoms with Crippen LogP contribution in [0.3, 0.4) is 0 Å². The molecule has 0 saturated heterocycles. The number of aliphatic hydroxyl groups is 1. The second kappa shape index (κ2) is 10.8. The van der Waals surface area contributed by atoms with Crippen LogP contribution >= 0.6 is 0 Å². The van der Waals surface area contributed by atoms with E-state index < -0.39 is 38.0 Å². The summed E-state index contributed by atoms with van der Waals surface area (Å²) in [6, 6.07) is 15.5. The number of benzene rings is 3. The Hall–Kier alpha value is -4.95. The van der Waals surface area contributed by atoms with Crippen molar-refractivity contribution in [3.8, 4) is 0 Å². The summed E-state index contributed by atoms with van der Waals surface area (Å²) in [6.07, 6.45) is -1.64. The number of nitro benzene ring substituents is 1. The number of nitro groups is 1. The largest absolute Gasteiger partial charge is 0.382 e.